The van der Waals surface area contributed by atoms with E-state index in [0.29, 0.717) is 6.54 Å². The fraction of sp³-hybridized carbons (Fsp3) is 0.294. The average Bonchev–Trinajstić information content (AvgIpc) is 2.39. The van der Waals surface area contributed by atoms with E-state index < -0.39 is 0 Å². The van der Waals surface area contributed by atoms with Crippen LogP contribution in [-0.4, -0.2) is 0 Å². The number of hydrogen-bond donors (Lipinski definition) is 1. The summed E-state index contributed by atoms with van der Waals surface area (Å²) in [5, 5.41) is 3.44. The number of nitrogens with one attached hydrogen (secondary N) is 1. The molecule has 0 fully saturated rings. The van der Waals surface area contributed by atoms with Crippen molar-refractivity contribution in [2.24, 2.45) is 0 Å². The van der Waals surface area contributed by atoms with Crippen molar-refractivity contribution in [3.8, 4) is 0 Å². The van der Waals surface area contributed by atoms with Gasteiger partial charge in [0.2, 0.25) is 0 Å². The predicted octanol–water partition coefficient (Wildman–Crippen LogP) is 4.29. The summed E-state index contributed by atoms with van der Waals surface area (Å²) in [6, 6.07) is 13.5. The maximum atomic E-state index is 13.1. The summed E-state index contributed by atoms with van der Waals surface area (Å²) >= 11 is 0. The maximum Gasteiger partial charge on any atom is 0.123 e. The molecule has 1 nitrogen and oxygen atoms in total. The van der Waals surface area contributed by atoms with Crippen LogP contribution in [0.25, 0.3) is 0 Å². The molecule has 0 bridgehead atoms. The average molecular weight is 257 g/mol. The first-order chi connectivity index (χ1) is 9.06. The van der Waals surface area contributed by atoms with E-state index in [9.17, 15) is 4.39 Å². The van der Waals surface area contributed by atoms with Crippen LogP contribution < -0.4 is 5.32 Å². The Hall–Kier alpha value is -1.67. The minimum Gasteiger partial charge on any atom is -0.306 e. The van der Waals surface area contributed by atoms with Gasteiger partial charge in [-0.25, -0.2) is 4.39 Å². The lowest BCUT2D eigenvalue weighted by molar-refractivity contribution is 0.567. The Labute approximate surface area is 114 Å². The van der Waals surface area contributed by atoms with Crippen LogP contribution in [0.5, 0.6) is 0 Å². The van der Waals surface area contributed by atoms with Crippen LogP contribution in [0.4, 0.5) is 4.39 Å². The van der Waals surface area contributed by atoms with E-state index in [2.05, 4.69) is 44.3 Å². The third kappa shape index (κ3) is 3.65. The molecule has 0 heterocycles. The second-order valence-electron chi connectivity index (χ2n) is 5.09. The van der Waals surface area contributed by atoms with Crippen LogP contribution in [0.1, 0.15) is 35.2 Å². The number of rotatable bonds is 4. The van der Waals surface area contributed by atoms with Crippen molar-refractivity contribution in [3.63, 3.8) is 0 Å². The number of aryl methyl sites for hydroxylation is 2. The van der Waals surface area contributed by atoms with Gasteiger partial charge in [0.1, 0.15) is 5.82 Å². The van der Waals surface area contributed by atoms with E-state index in [1.165, 1.54) is 22.8 Å². The van der Waals surface area contributed by atoms with Gasteiger partial charge in [0.25, 0.3) is 0 Å². The van der Waals surface area contributed by atoms with Gasteiger partial charge in [-0.2, -0.15) is 0 Å². The molecule has 0 aliphatic carbocycles. The first kappa shape index (κ1) is 13.8. The quantitative estimate of drug-likeness (QED) is 0.861. The Morgan fingerprint density at radius 2 is 1.89 bits per heavy atom. The van der Waals surface area contributed by atoms with Crippen molar-refractivity contribution in [2.75, 3.05) is 0 Å². The predicted molar refractivity (Wildman–Crippen MR) is 77.6 cm³/mol. The van der Waals surface area contributed by atoms with Crippen LogP contribution in [0.2, 0.25) is 0 Å². The molecule has 2 aromatic rings. The summed E-state index contributed by atoms with van der Waals surface area (Å²) in [6.45, 7) is 7.03. The van der Waals surface area contributed by atoms with Crippen molar-refractivity contribution in [1.29, 1.82) is 0 Å². The fourth-order valence-corrected chi connectivity index (χ4v) is 2.25. The van der Waals surface area contributed by atoms with Crippen LogP contribution in [0.15, 0.2) is 42.5 Å². The Morgan fingerprint density at radius 1 is 1.11 bits per heavy atom. The van der Waals surface area contributed by atoms with E-state index >= 15 is 0 Å². The number of benzene rings is 2. The summed E-state index contributed by atoms with van der Waals surface area (Å²) in [6.07, 6.45) is 0. The SMILES string of the molecule is Cc1ccc(C)c(C(C)NCc2cccc(F)c2)c1. The van der Waals surface area contributed by atoms with Crippen LogP contribution in [-0.2, 0) is 6.54 Å². The number of hydrogen-bond acceptors (Lipinski definition) is 1. The Kier molecular flexibility index (Phi) is 4.33. The summed E-state index contributed by atoms with van der Waals surface area (Å²) in [5.41, 5.74) is 4.82. The van der Waals surface area contributed by atoms with Gasteiger partial charge in [-0.3, -0.25) is 0 Å². The molecule has 1 N–H and O–H groups in total. The molecular weight excluding hydrogens is 237 g/mol. The molecule has 100 valence electrons. The first-order valence-electron chi connectivity index (χ1n) is 6.61. The zero-order valence-corrected chi connectivity index (χ0v) is 11.7. The second-order valence-corrected chi connectivity index (χ2v) is 5.09. The highest BCUT2D eigenvalue weighted by Gasteiger charge is 2.08. The van der Waals surface area contributed by atoms with E-state index in [4.69, 9.17) is 0 Å². The third-order valence-corrected chi connectivity index (χ3v) is 3.40. The van der Waals surface area contributed by atoms with E-state index in [1.54, 1.807) is 12.1 Å². The largest absolute Gasteiger partial charge is 0.306 e. The Morgan fingerprint density at radius 3 is 2.63 bits per heavy atom. The molecule has 0 saturated carbocycles. The lowest BCUT2D eigenvalue weighted by atomic mass is 10.00. The van der Waals surface area contributed by atoms with Crippen LogP contribution >= 0.6 is 0 Å². The molecule has 0 aromatic heterocycles. The molecule has 0 amide bonds. The van der Waals surface area contributed by atoms with Crippen molar-refractivity contribution < 1.29 is 4.39 Å². The highest BCUT2D eigenvalue weighted by molar-refractivity contribution is 5.32. The Bertz CT molecular complexity index is 563. The molecule has 1 unspecified atom stereocenters. The smallest absolute Gasteiger partial charge is 0.123 e. The van der Waals surface area contributed by atoms with Gasteiger partial charge >= 0.3 is 0 Å². The van der Waals surface area contributed by atoms with Crippen LogP contribution in [0, 0.1) is 19.7 Å². The lowest BCUT2D eigenvalue weighted by Gasteiger charge is -2.17. The highest BCUT2D eigenvalue weighted by atomic mass is 19.1. The van der Waals surface area contributed by atoms with Gasteiger partial charge < -0.3 is 5.32 Å². The monoisotopic (exact) mass is 257 g/mol. The van der Waals surface area contributed by atoms with Gasteiger partial charge in [-0.05, 0) is 49.6 Å². The fourth-order valence-electron chi connectivity index (χ4n) is 2.25. The molecule has 0 spiro atoms. The van der Waals surface area contributed by atoms with E-state index in [0.717, 1.165) is 5.56 Å². The Balaban J connectivity index is 2.05. The molecule has 2 aromatic carbocycles. The standard InChI is InChI=1S/C17H20FN/c1-12-7-8-13(2)17(9-12)14(3)19-11-15-5-4-6-16(18)10-15/h4-10,14,19H,11H2,1-3H3. The molecule has 2 rings (SSSR count). The molecule has 1 atom stereocenters. The maximum absolute atomic E-state index is 13.1. The highest BCUT2D eigenvalue weighted by Crippen LogP contribution is 2.19. The van der Waals surface area contributed by atoms with Crippen LogP contribution in [0.3, 0.4) is 0 Å². The van der Waals surface area contributed by atoms with Gasteiger partial charge in [0.05, 0.1) is 0 Å². The van der Waals surface area contributed by atoms with Gasteiger partial charge in [-0.15, -0.1) is 0 Å². The van der Waals surface area contributed by atoms with E-state index in [-0.39, 0.29) is 11.9 Å². The normalized spacial score (nSPS) is 12.4. The molecule has 0 saturated heterocycles. The zero-order valence-electron chi connectivity index (χ0n) is 11.7. The zero-order chi connectivity index (χ0) is 13.8. The summed E-state index contributed by atoms with van der Waals surface area (Å²) < 4.78 is 13.1. The molecule has 19 heavy (non-hydrogen) atoms. The molecule has 0 radical (unpaired) electrons. The summed E-state index contributed by atoms with van der Waals surface area (Å²) in [5.74, 6) is -0.182. The number of halogens is 1. The topological polar surface area (TPSA) is 12.0 Å². The minimum atomic E-state index is -0.182. The molecular formula is C17H20FN. The molecule has 2 heteroatoms. The van der Waals surface area contributed by atoms with Crippen molar-refractivity contribution >= 4 is 0 Å². The van der Waals surface area contributed by atoms with Gasteiger partial charge in [-0.1, -0.05) is 35.9 Å². The molecule has 0 aliphatic rings. The van der Waals surface area contributed by atoms with Crippen molar-refractivity contribution in [3.05, 3.63) is 70.5 Å². The summed E-state index contributed by atoms with van der Waals surface area (Å²) in [7, 11) is 0. The lowest BCUT2D eigenvalue weighted by Crippen LogP contribution is -2.19. The molecule has 0 aliphatic heterocycles. The van der Waals surface area contributed by atoms with Gasteiger partial charge in [0, 0.05) is 12.6 Å². The minimum absolute atomic E-state index is 0.182. The van der Waals surface area contributed by atoms with Crippen molar-refractivity contribution in [1.82, 2.24) is 5.32 Å². The summed E-state index contributed by atoms with van der Waals surface area (Å²) in [4.78, 5) is 0. The second kappa shape index (κ2) is 5.98. The third-order valence-electron chi connectivity index (χ3n) is 3.40. The first-order valence-corrected chi connectivity index (χ1v) is 6.61. The van der Waals surface area contributed by atoms with Crippen molar-refractivity contribution in [2.45, 2.75) is 33.4 Å². The van der Waals surface area contributed by atoms with E-state index in [1.807, 2.05) is 6.07 Å². The van der Waals surface area contributed by atoms with Gasteiger partial charge in [0.15, 0.2) is 0 Å².